The highest BCUT2D eigenvalue weighted by Crippen LogP contribution is 2.49. The fourth-order valence-electron chi connectivity index (χ4n) is 2.84. The molecule has 24 heavy (non-hydrogen) atoms. The highest BCUT2D eigenvalue weighted by molar-refractivity contribution is 8.93. The number of halogens is 1. The summed E-state index contributed by atoms with van der Waals surface area (Å²) in [5.41, 5.74) is 0.429. The Bertz CT molecular complexity index is 637. The van der Waals surface area contributed by atoms with Gasteiger partial charge in [-0.3, -0.25) is 4.79 Å². The van der Waals surface area contributed by atoms with Gasteiger partial charge in [-0.15, -0.1) is 17.0 Å². The van der Waals surface area contributed by atoms with Gasteiger partial charge in [0.2, 0.25) is 0 Å². The quantitative estimate of drug-likeness (QED) is 0.801. The van der Waals surface area contributed by atoms with Crippen LogP contribution in [0.5, 0.6) is 11.5 Å². The van der Waals surface area contributed by atoms with Gasteiger partial charge in [-0.2, -0.15) is 0 Å². The van der Waals surface area contributed by atoms with E-state index in [0.29, 0.717) is 24.5 Å². The number of ether oxygens (including phenoxy) is 1. The fraction of sp³-hybridized carbons (Fsp3) is 0.316. The van der Waals surface area contributed by atoms with E-state index in [0.717, 1.165) is 17.5 Å². The van der Waals surface area contributed by atoms with Crippen LogP contribution in [0.1, 0.15) is 37.8 Å². The molecule has 1 heterocycles. The second kappa shape index (κ2) is 8.85. The van der Waals surface area contributed by atoms with Crippen LogP contribution in [0, 0.1) is 0 Å². The molecule has 4 nitrogen and oxygen atoms in total. The first-order chi connectivity index (χ1) is 11.1. The van der Waals surface area contributed by atoms with E-state index in [9.17, 15) is 9.90 Å². The second-order valence-corrected chi connectivity index (χ2v) is 5.38. The van der Waals surface area contributed by atoms with Crippen LogP contribution in [0.3, 0.4) is 0 Å². The summed E-state index contributed by atoms with van der Waals surface area (Å²) < 4.78 is 5.82. The van der Waals surface area contributed by atoms with Crippen molar-refractivity contribution in [1.82, 2.24) is 0 Å². The van der Waals surface area contributed by atoms with Gasteiger partial charge >= 0.3 is 5.97 Å². The number of aliphatic hydroxyl groups is 1. The lowest BCUT2D eigenvalue weighted by molar-refractivity contribution is -0.142. The number of aliphatic carboxylic acids is 1. The molecule has 1 aliphatic heterocycles. The Morgan fingerprint density at radius 3 is 1.75 bits per heavy atom. The van der Waals surface area contributed by atoms with Gasteiger partial charge in [0.25, 0.3) is 0 Å². The zero-order valence-electron chi connectivity index (χ0n) is 13.9. The predicted octanol–water partition coefficient (Wildman–Crippen LogP) is 4.54. The van der Waals surface area contributed by atoms with Gasteiger partial charge in [-0.05, 0) is 25.0 Å². The van der Waals surface area contributed by atoms with Crippen LogP contribution in [-0.2, 0) is 10.2 Å². The number of hydrogen-bond acceptors (Lipinski definition) is 3. The van der Waals surface area contributed by atoms with Crippen molar-refractivity contribution in [3.8, 4) is 11.5 Å². The van der Waals surface area contributed by atoms with E-state index in [1.165, 1.54) is 0 Å². The van der Waals surface area contributed by atoms with E-state index >= 15 is 0 Å². The molecule has 0 amide bonds. The minimum absolute atomic E-state index is 0. The highest BCUT2D eigenvalue weighted by Gasteiger charge is 2.47. The van der Waals surface area contributed by atoms with Crippen molar-refractivity contribution in [3.63, 3.8) is 0 Å². The topological polar surface area (TPSA) is 66.8 Å². The Morgan fingerprint density at radius 2 is 1.42 bits per heavy atom. The zero-order chi connectivity index (χ0) is 16.9. The van der Waals surface area contributed by atoms with Crippen LogP contribution < -0.4 is 4.74 Å². The third-order valence-electron chi connectivity index (χ3n) is 4.03. The van der Waals surface area contributed by atoms with E-state index < -0.39 is 11.4 Å². The normalized spacial score (nSPS) is 13.1. The number of carboxylic acid groups (broad SMARTS) is 1. The molecular weight excluding hydrogens is 372 g/mol. The van der Waals surface area contributed by atoms with Crippen molar-refractivity contribution >= 4 is 23.0 Å². The molecule has 2 N–H and O–H groups in total. The average Bonchev–Trinajstić information content (AvgIpc) is 2.59. The standard InChI is InChI=1S/C16H14O3.C3H8O.BrH/c1-2-16(15(17)18)11-7-3-5-9-13(11)19-14-10-6-4-8-12(14)16;1-2-3-4;/h3-10H,2H2,1H3,(H,17,18);4H,2-3H2,1H3;1H. The molecule has 5 heteroatoms. The molecule has 3 rings (SSSR count). The van der Waals surface area contributed by atoms with Crippen LogP contribution >= 0.6 is 17.0 Å². The zero-order valence-corrected chi connectivity index (χ0v) is 15.6. The van der Waals surface area contributed by atoms with Crippen LogP contribution in [0.2, 0.25) is 0 Å². The molecular formula is C19H23BrO4. The smallest absolute Gasteiger partial charge is 0.318 e. The number of para-hydroxylation sites is 2. The maximum atomic E-state index is 12.0. The number of carbonyl (C=O) groups is 1. The molecule has 0 saturated heterocycles. The minimum Gasteiger partial charge on any atom is -0.480 e. The van der Waals surface area contributed by atoms with Crippen LogP contribution in [0.4, 0.5) is 0 Å². The number of benzene rings is 2. The number of hydrogen-bond donors (Lipinski definition) is 2. The van der Waals surface area contributed by atoms with Gasteiger partial charge in [-0.1, -0.05) is 50.2 Å². The molecule has 2 aromatic carbocycles. The van der Waals surface area contributed by atoms with Crippen molar-refractivity contribution < 1.29 is 19.7 Å². The Morgan fingerprint density at radius 1 is 1.00 bits per heavy atom. The molecule has 0 radical (unpaired) electrons. The molecule has 0 spiro atoms. The van der Waals surface area contributed by atoms with Gasteiger partial charge in [0.05, 0.1) is 0 Å². The Kier molecular flexibility index (Phi) is 7.45. The maximum absolute atomic E-state index is 12.0. The van der Waals surface area contributed by atoms with Crippen molar-refractivity contribution in [1.29, 1.82) is 0 Å². The summed E-state index contributed by atoms with van der Waals surface area (Å²) in [7, 11) is 0. The minimum atomic E-state index is -1.02. The Balaban J connectivity index is 0.000000522. The molecule has 0 fully saturated rings. The molecule has 0 aliphatic carbocycles. The first-order valence-corrected chi connectivity index (χ1v) is 7.82. The van der Waals surface area contributed by atoms with Gasteiger partial charge < -0.3 is 14.9 Å². The number of rotatable bonds is 3. The van der Waals surface area contributed by atoms with Gasteiger partial charge in [0, 0.05) is 17.7 Å². The highest BCUT2D eigenvalue weighted by atomic mass is 79.9. The predicted molar refractivity (Wildman–Crippen MR) is 99.4 cm³/mol. The summed E-state index contributed by atoms with van der Waals surface area (Å²) in [5.74, 6) is 0.425. The third-order valence-corrected chi connectivity index (χ3v) is 4.03. The molecule has 0 bridgehead atoms. The van der Waals surface area contributed by atoms with E-state index in [1.807, 2.05) is 62.4 Å². The second-order valence-electron chi connectivity index (χ2n) is 5.38. The summed E-state index contributed by atoms with van der Waals surface area (Å²) >= 11 is 0. The molecule has 2 aromatic rings. The molecule has 0 aromatic heterocycles. The summed E-state index contributed by atoms with van der Waals surface area (Å²) in [4.78, 5) is 12.0. The SMILES string of the molecule is Br.CCC1(C(=O)O)c2ccccc2Oc2ccccc21.CCCO. The van der Waals surface area contributed by atoms with Gasteiger partial charge in [-0.25, -0.2) is 0 Å². The molecule has 0 atom stereocenters. The Hall–Kier alpha value is -1.85. The van der Waals surface area contributed by atoms with E-state index in [1.54, 1.807) is 0 Å². The molecule has 1 aliphatic rings. The van der Waals surface area contributed by atoms with Crippen molar-refractivity contribution in [2.24, 2.45) is 0 Å². The van der Waals surface area contributed by atoms with Crippen molar-refractivity contribution in [3.05, 3.63) is 59.7 Å². The lowest BCUT2D eigenvalue weighted by Crippen LogP contribution is -2.38. The monoisotopic (exact) mass is 394 g/mol. The molecule has 0 unspecified atom stereocenters. The lowest BCUT2D eigenvalue weighted by Gasteiger charge is -2.36. The summed E-state index contributed by atoms with van der Waals surface area (Å²) in [6.45, 7) is 4.15. The fourth-order valence-corrected chi connectivity index (χ4v) is 2.84. The van der Waals surface area contributed by atoms with Crippen LogP contribution in [0.25, 0.3) is 0 Å². The molecule has 130 valence electrons. The average molecular weight is 395 g/mol. The van der Waals surface area contributed by atoms with E-state index in [2.05, 4.69) is 0 Å². The largest absolute Gasteiger partial charge is 0.480 e. The first kappa shape index (κ1) is 20.2. The van der Waals surface area contributed by atoms with E-state index in [4.69, 9.17) is 9.84 Å². The Labute approximate surface area is 152 Å². The maximum Gasteiger partial charge on any atom is 0.318 e. The van der Waals surface area contributed by atoms with Crippen molar-refractivity contribution in [2.45, 2.75) is 32.1 Å². The van der Waals surface area contributed by atoms with Gasteiger partial charge in [0.15, 0.2) is 0 Å². The summed E-state index contributed by atoms with van der Waals surface area (Å²) in [5, 5.41) is 17.7. The number of fused-ring (bicyclic) bond motifs is 2. The molecule has 0 saturated carbocycles. The third kappa shape index (κ3) is 3.47. The summed E-state index contributed by atoms with van der Waals surface area (Å²) in [6, 6.07) is 14.7. The number of carboxylic acids is 1. The number of aliphatic hydroxyl groups excluding tert-OH is 1. The van der Waals surface area contributed by atoms with E-state index in [-0.39, 0.29) is 17.0 Å². The van der Waals surface area contributed by atoms with Crippen LogP contribution in [-0.4, -0.2) is 22.8 Å². The van der Waals surface area contributed by atoms with Crippen molar-refractivity contribution in [2.75, 3.05) is 6.61 Å². The first-order valence-electron chi connectivity index (χ1n) is 7.82. The summed E-state index contributed by atoms with van der Waals surface area (Å²) in [6.07, 6.45) is 1.36. The lowest BCUT2D eigenvalue weighted by atomic mass is 9.70. The van der Waals surface area contributed by atoms with Gasteiger partial charge in [0.1, 0.15) is 16.9 Å². The van der Waals surface area contributed by atoms with Crippen LogP contribution in [0.15, 0.2) is 48.5 Å².